The van der Waals surface area contributed by atoms with Gasteiger partial charge in [-0.3, -0.25) is 4.79 Å². The third kappa shape index (κ3) is 5.31. The van der Waals surface area contributed by atoms with Crippen LogP contribution in [-0.4, -0.2) is 46.0 Å². The Morgan fingerprint density at radius 2 is 1.65 bits per heavy atom. The molecular weight excluding hydrogens is 354 g/mol. The zero-order valence-corrected chi connectivity index (χ0v) is 16.0. The number of sulfonamides is 1. The third-order valence-electron chi connectivity index (χ3n) is 3.89. The van der Waals surface area contributed by atoms with Crippen LogP contribution >= 0.6 is 0 Å². The maximum absolute atomic E-state index is 12.4. The van der Waals surface area contributed by atoms with E-state index in [4.69, 9.17) is 9.47 Å². The van der Waals surface area contributed by atoms with Crippen LogP contribution in [0.2, 0.25) is 0 Å². The molecule has 7 heteroatoms. The van der Waals surface area contributed by atoms with Gasteiger partial charge in [0.2, 0.25) is 10.0 Å². The summed E-state index contributed by atoms with van der Waals surface area (Å²) in [6.07, 6.45) is 0.546. The topological polar surface area (TPSA) is 72.9 Å². The molecule has 2 aromatic carbocycles. The Bertz CT molecular complexity index is 829. The molecule has 0 radical (unpaired) electrons. The number of aryl methyl sites for hydroxylation is 1. The summed E-state index contributed by atoms with van der Waals surface area (Å²) < 4.78 is 36.1. The summed E-state index contributed by atoms with van der Waals surface area (Å²) in [6.45, 7) is 1.72. The standard InChI is InChI=1S/C19H23NO5S/c1-15-4-10-18(11-5-15)26(22,23)20(2)14-19(21)25-13-12-16-6-8-17(24-3)9-7-16/h4-11H,12-14H2,1-3H3. The van der Waals surface area contributed by atoms with E-state index in [2.05, 4.69) is 0 Å². The molecule has 0 saturated carbocycles. The van der Waals surface area contributed by atoms with Crippen LogP contribution in [0.3, 0.4) is 0 Å². The average molecular weight is 377 g/mol. The normalized spacial score (nSPS) is 11.4. The smallest absolute Gasteiger partial charge is 0.321 e. The quantitative estimate of drug-likeness (QED) is 0.661. The molecule has 0 heterocycles. The van der Waals surface area contributed by atoms with E-state index in [0.29, 0.717) is 6.42 Å². The zero-order chi connectivity index (χ0) is 19.2. The van der Waals surface area contributed by atoms with Crippen molar-refractivity contribution in [3.8, 4) is 5.75 Å². The number of carbonyl (C=O) groups is 1. The van der Waals surface area contributed by atoms with E-state index >= 15 is 0 Å². The molecule has 0 N–H and O–H groups in total. The fraction of sp³-hybridized carbons (Fsp3) is 0.316. The van der Waals surface area contributed by atoms with E-state index in [1.807, 2.05) is 31.2 Å². The van der Waals surface area contributed by atoms with Gasteiger partial charge in [-0.05, 0) is 36.8 Å². The van der Waals surface area contributed by atoms with Gasteiger partial charge in [0.15, 0.2) is 0 Å². The first-order chi connectivity index (χ1) is 12.3. The SMILES string of the molecule is COc1ccc(CCOC(=O)CN(C)S(=O)(=O)c2ccc(C)cc2)cc1. The first-order valence-corrected chi connectivity index (χ1v) is 9.58. The maximum Gasteiger partial charge on any atom is 0.321 e. The second-order valence-electron chi connectivity index (χ2n) is 5.89. The highest BCUT2D eigenvalue weighted by atomic mass is 32.2. The minimum atomic E-state index is -3.72. The van der Waals surface area contributed by atoms with E-state index in [1.165, 1.54) is 19.2 Å². The summed E-state index contributed by atoms with van der Waals surface area (Å²) in [5.74, 6) is 0.172. The highest BCUT2D eigenvalue weighted by molar-refractivity contribution is 7.89. The number of carbonyl (C=O) groups excluding carboxylic acids is 1. The van der Waals surface area contributed by atoms with E-state index in [0.717, 1.165) is 21.2 Å². The van der Waals surface area contributed by atoms with Gasteiger partial charge in [-0.25, -0.2) is 8.42 Å². The lowest BCUT2D eigenvalue weighted by Gasteiger charge is -2.16. The molecule has 0 aliphatic rings. The fourth-order valence-corrected chi connectivity index (χ4v) is 3.39. The van der Waals surface area contributed by atoms with Crippen molar-refractivity contribution in [2.24, 2.45) is 0 Å². The maximum atomic E-state index is 12.4. The number of ether oxygens (including phenoxy) is 2. The van der Waals surface area contributed by atoms with Gasteiger partial charge in [0.25, 0.3) is 0 Å². The first-order valence-electron chi connectivity index (χ1n) is 8.14. The molecule has 0 bridgehead atoms. The summed E-state index contributed by atoms with van der Waals surface area (Å²) >= 11 is 0. The highest BCUT2D eigenvalue weighted by Crippen LogP contribution is 2.15. The Labute approximate surface area is 154 Å². The van der Waals surface area contributed by atoms with Gasteiger partial charge in [0, 0.05) is 13.5 Å². The van der Waals surface area contributed by atoms with E-state index in [1.54, 1.807) is 19.2 Å². The van der Waals surface area contributed by atoms with Crippen molar-refractivity contribution in [1.82, 2.24) is 4.31 Å². The van der Waals surface area contributed by atoms with Gasteiger partial charge in [0.05, 0.1) is 18.6 Å². The lowest BCUT2D eigenvalue weighted by molar-refractivity contribution is -0.143. The molecule has 0 atom stereocenters. The number of methoxy groups -OCH3 is 1. The minimum absolute atomic E-state index is 0.150. The van der Waals surface area contributed by atoms with Crippen LogP contribution in [0.1, 0.15) is 11.1 Å². The van der Waals surface area contributed by atoms with Gasteiger partial charge in [0.1, 0.15) is 12.3 Å². The van der Waals surface area contributed by atoms with Gasteiger partial charge >= 0.3 is 5.97 Å². The molecule has 0 aliphatic heterocycles. The molecule has 26 heavy (non-hydrogen) atoms. The molecule has 0 aromatic heterocycles. The Hall–Kier alpha value is -2.38. The lowest BCUT2D eigenvalue weighted by atomic mass is 10.1. The Balaban J connectivity index is 1.85. The number of benzene rings is 2. The molecule has 0 saturated heterocycles. The predicted octanol–water partition coefficient (Wildman–Crippen LogP) is 2.41. The van der Waals surface area contributed by atoms with Crippen LogP contribution in [-0.2, 0) is 26.0 Å². The molecule has 0 unspecified atom stereocenters. The molecule has 2 rings (SSSR count). The number of rotatable bonds is 8. The van der Waals surface area contributed by atoms with Crippen LogP contribution in [0, 0.1) is 6.92 Å². The Morgan fingerprint density at radius 3 is 2.23 bits per heavy atom. The van der Waals surface area contributed by atoms with Gasteiger partial charge in [-0.15, -0.1) is 0 Å². The average Bonchev–Trinajstić information content (AvgIpc) is 2.62. The number of esters is 1. The second kappa shape index (κ2) is 8.82. The summed E-state index contributed by atoms with van der Waals surface area (Å²) in [6, 6.07) is 13.9. The molecule has 6 nitrogen and oxygen atoms in total. The fourth-order valence-electron chi connectivity index (χ4n) is 2.28. The van der Waals surface area contributed by atoms with Crippen LogP contribution in [0.25, 0.3) is 0 Å². The predicted molar refractivity (Wildman–Crippen MR) is 98.7 cm³/mol. The highest BCUT2D eigenvalue weighted by Gasteiger charge is 2.23. The van der Waals surface area contributed by atoms with E-state index < -0.39 is 16.0 Å². The number of hydrogen-bond acceptors (Lipinski definition) is 5. The molecule has 0 fully saturated rings. The zero-order valence-electron chi connectivity index (χ0n) is 15.1. The largest absolute Gasteiger partial charge is 0.497 e. The van der Waals surface area contributed by atoms with Crippen molar-refractivity contribution < 1.29 is 22.7 Å². The molecular formula is C19H23NO5S. The number of likely N-dealkylation sites (N-methyl/N-ethyl adjacent to an activating group) is 1. The van der Waals surface area contributed by atoms with Crippen molar-refractivity contribution in [3.05, 3.63) is 59.7 Å². The summed E-state index contributed by atoms with van der Waals surface area (Å²) in [5, 5.41) is 0. The summed E-state index contributed by atoms with van der Waals surface area (Å²) in [7, 11) is -0.761. The van der Waals surface area contributed by atoms with Gasteiger partial charge < -0.3 is 9.47 Å². The van der Waals surface area contributed by atoms with Crippen molar-refractivity contribution >= 4 is 16.0 Å². The van der Waals surface area contributed by atoms with Crippen LogP contribution < -0.4 is 4.74 Å². The Kier molecular flexibility index (Phi) is 6.76. The van der Waals surface area contributed by atoms with Gasteiger partial charge in [-0.2, -0.15) is 4.31 Å². The van der Waals surface area contributed by atoms with Crippen molar-refractivity contribution in [1.29, 1.82) is 0 Å². The monoisotopic (exact) mass is 377 g/mol. The van der Waals surface area contributed by atoms with Gasteiger partial charge in [-0.1, -0.05) is 29.8 Å². The number of nitrogens with zero attached hydrogens (tertiary/aromatic N) is 1. The second-order valence-corrected chi connectivity index (χ2v) is 7.94. The molecule has 0 spiro atoms. The summed E-state index contributed by atoms with van der Waals surface area (Å²) in [5.41, 5.74) is 1.96. The van der Waals surface area contributed by atoms with E-state index in [-0.39, 0.29) is 18.0 Å². The molecule has 2 aromatic rings. The van der Waals surface area contributed by atoms with Crippen molar-refractivity contribution in [2.45, 2.75) is 18.2 Å². The summed E-state index contributed by atoms with van der Waals surface area (Å²) in [4.78, 5) is 12.1. The van der Waals surface area contributed by atoms with Crippen molar-refractivity contribution in [2.75, 3.05) is 27.3 Å². The Morgan fingerprint density at radius 1 is 1.04 bits per heavy atom. The molecule has 0 amide bonds. The van der Waals surface area contributed by atoms with E-state index in [9.17, 15) is 13.2 Å². The van der Waals surface area contributed by atoms with Crippen molar-refractivity contribution in [3.63, 3.8) is 0 Å². The first kappa shape index (κ1) is 19.9. The van der Waals surface area contributed by atoms with Crippen LogP contribution in [0.4, 0.5) is 0 Å². The minimum Gasteiger partial charge on any atom is -0.497 e. The lowest BCUT2D eigenvalue weighted by Crippen LogP contribution is -2.33. The third-order valence-corrected chi connectivity index (χ3v) is 5.71. The number of hydrogen-bond donors (Lipinski definition) is 0. The van der Waals surface area contributed by atoms with Crippen LogP contribution in [0.5, 0.6) is 5.75 Å². The van der Waals surface area contributed by atoms with Crippen LogP contribution in [0.15, 0.2) is 53.4 Å². The molecule has 140 valence electrons. The molecule has 0 aliphatic carbocycles.